The molecule has 0 saturated carbocycles. The topological polar surface area (TPSA) is 55.0 Å². The Balaban J connectivity index is 2.44. The number of benzene rings is 1. The van der Waals surface area contributed by atoms with Crippen molar-refractivity contribution in [1.29, 1.82) is 0 Å². The lowest BCUT2D eigenvalue weighted by Crippen LogP contribution is -2.08. The number of anilines is 2. The van der Waals surface area contributed by atoms with E-state index in [2.05, 4.69) is 33.9 Å². The fraction of sp³-hybridized carbons (Fsp3) is 0.333. The molecule has 2 aromatic rings. The SMILES string of the molecule is CCc1nc(-c2ccc(N(C)C)cc2)nc(N)c1C. The summed E-state index contributed by atoms with van der Waals surface area (Å²) < 4.78 is 0. The zero-order valence-electron chi connectivity index (χ0n) is 11.9. The molecule has 1 aromatic carbocycles. The molecule has 0 radical (unpaired) electrons. The van der Waals surface area contributed by atoms with E-state index in [0.29, 0.717) is 11.6 Å². The number of nitrogens with two attached hydrogens (primary N) is 1. The maximum Gasteiger partial charge on any atom is 0.161 e. The molecule has 0 unspecified atom stereocenters. The van der Waals surface area contributed by atoms with Gasteiger partial charge in [-0.1, -0.05) is 6.92 Å². The standard InChI is InChI=1S/C15H20N4/c1-5-13-10(2)14(16)18-15(17-13)11-6-8-12(9-7-11)19(3)4/h6-9H,5H2,1-4H3,(H2,16,17,18). The minimum Gasteiger partial charge on any atom is -0.383 e. The number of aryl methyl sites for hydroxylation is 1. The summed E-state index contributed by atoms with van der Waals surface area (Å²) in [6, 6.07) is 8.17. The molecular formula is C15H20N4. The maximum atomic E-state index is 5.95. The second kappa shape index (κ2) is 5.26. The van der Waals surface area contributed by atoms with Crippen molar-refractivity contribution >= 4 is 11.5 Å². The molecule has 100 valence electrons. The van der Waals surface area contributed by atoms with Crippen molar-refractivity contribution < 1.29 is 0 Å². The molecule has 0 spiro atoms. The van der Waals surface area contributed by atoms with Crippen LogP contribution in [-0.2, 0) is 6.42 Å². The summed E-state index contributed by atoms with van der Waals surface area (Å²) in [4.78, 5) is 11.0. The van der Waals surface area contributed by atoms with E-state index in [1.807, 2.05) is 33.2 Å². The summed E-state index contributed by atoms with van der Waals surface area (Å²) in [6.45, 7) is 4.04. The van der Waals surface area contributed by atoms with E-state index in [1.54, 1.807) is 0 Å². The van der Waals surface area contributed by atoms with Gasteiger partial charge >= 0.3 is 0 Å². The zero-order valence-corrected chi connectivity index (χ0v) is 11.9. The minimum atomic E-state index is 0.568. The molecule has 2 N–H and O–H groups in total. The number of nitrogen functional groups attached to an aromatic ring is 1. The van der Waals surface area contributed by atoms with Crippen molar-refractivity contribution in [2.24, 2.45) is 0 Å². The molecule has 0 saturated heterocycles. The third kappa shape index (κ3) is 2.67. The highest BCUT2D eigenvalue weighted by Crippen LogP contribution is 2.22. The van der Waals surface area contributed by atoms with E-state index >= 15 is 0 Å². The van der Waals surface area contributed by atoms with Crippen LogP contribution in [0.4, 0.5) is 11.5 Å². The Hall–Kier alpha value is -2.10. The number of rotatable bonds is 3. The fourth-order valence-electron chi connectivity index (χ4n) is 1.96. The van der Waals surface area contributed by atoms with Crippen LogP contribution in [0.3, 0.4) is 0 Å². The van der Waals surface area contributed by atoms with Crippen molar-refractivity contribution in [3.8, 4) is 11.4 Å². The Morgan fingerprint density at radius 3 is 2.26 bits per heavy atom. The first-order valence-electron chi connectivity index (χ1n) is 6.43. The predicted molar refractivity (Wildman–Crippen MR) is 80.3 cm³/mol. The van der Waals surface area contributed by atoms with Crippen LogP contribution < -0.4 is 10.6 Å². The normalized spacial score (nSPS) is 10.5. The summed E-state index contributed by atoms with van der Waals surface area (Å²) in [5, 5.41) is 0. The molecule has 2 rings (SSSR count). The van der Waals surface area contributed by atoms with Gasteiger partial charge in [-0.15, -0.1) is 0 Å². The van der Waals surface area contributed by atoms with Crippen LogP contribution in [0.25, 0.3) is 11.4 Å². The van der Waals surface area contributed by atoms with E-state index < -0.39 is 0 Å². The summed E-state index contributed by atoms with van der Waals surface area (Å²) >= 11 is 0. The van der Waals surface area contributed by atoms with Crippen molar-refractivity contribution in [2.45, 2.75) is 20.3 Å². The minimum absolute atomic E-state index is 0.568. The molecule has 0 atom stereocenters. The molecule has 0 aliphatic carbocycles. The average molecular weight is 256 g/mol. The molecule has 1 heterocycles. The lowest BCUT2D eigenvalue weighted by Gasteiger charge is -2.13. The quantitative estimate of drug-likeness (QED) is 0.917. The first-order valence-corrected chi connectivity index (χ1v) is 6.43. The van der Waals surface area contributed by atoms with Crippen molar-refractivity contribution in [2.75, 3.05) is 24.7 Å². The number of aromatic nitrogens is 2. The Morgan fingerprint density at radius 1 is 1.11 bits per heavy atom. The van der Waals surface area contributed by atoms with E-state index in [1.165, 1.54) is 0 Å². The predicted octanol–water partition coefficient (Wildman–Crippen LogP) is 2.66. The van der Waals surface area contributed by atoms with Crippen LogP contribution in [0.15, 0.2) is 24.3 Å². The smallest absolute Gasteiger partial charge is 0.161 e. The Bertz CT molecular complexity index is 573. The molecule has 0 aliphatic rings. The molecule has 1 aromatic heterocycles. The maximum absolute atomic E-state index is 5.95. The zero-order chi connectivity index (χ0) is 14.0. The molecule has 0 aliphatic heterocycles. The van der Waals surface area contributed by atoms with Crippen LogP contribution in [0, 0.1) is 6.92 Å². The van der Waals surface area contributed by atoms with Crippen molar-refractivity contribution in [3.05, 3.63) is 35.5 Å². The van der Waals surface area contributed by atoms with Crippen molar-refractivity contribution in [3.63, 3.8) is 0 Å². The van der Waals surface area contributed by atoms with Gasteiger partial charge in [-0.05, 0) is 37.6 Å². The van der Waals surface area contributed by atoms with E-state index in [4.69, 9.17) is 5.73 Å². The van der Waals surface area contributed by atoms with Crippen molar-refractivity contribution in [1.82, 2.24) is 9.97 Å². The third-order valence-electron chi connectivity index (χ3n) is 3.26. The lowest BCUT2D eigenvalue weighted by molar-refractivity contribution is 0.982. The Morgan fingerprint density at radius 2 is 1.74 bits per heavy atom. The summed E-state index contributed by atoms with van der Waals surface area (Å²) in [5.41, 5.74) is 10.1. The summed E-state index contributed by atoms with van der Waals surface area (Å²) in [7, 11) is 4.04. The first kappa shape index (κ1) is 13.3. The monoisotopic (exact) mass is 256 g/mol. The molecule has 0 bridgehead atoms. The fourth-order valence-corrected chi connectivity index (χ4v) is 1.96. The van der Waals surface area contributed by atoms with E-state index in [-0.39, 0.29) is 0 Å². The van der Waals surface area contributed by atoms with E-state index in [0.717, 1.165) is 28.9 Å². The highest BCUT2D eigenvalue weighted by atomic mass is 15.1. The second-order valence-corrected chi connectivity index (χ2v) is 4.80. The molecule has 4 heteroatoms. The van der Waals surface area contributed by atoms with Gasteiger partial charge in [0.1, 0.15) is 5.82 Å². The molecule has 0 fully saturated rings. The van der Waals surface area contributed by atoms with Gasteiger partial charge in [0.2, 0.25) is 0 Å². The van der Waals surface area contributed by atoms with Gasteiger partial charge in [0.15, 0.2) is 5.82 Å². The second-order valence-electron chi connectivity index (χ2n) is 4.80. The highest BCUT2D eigenvalue weighted by molar-refractivity contribution is 5.62. The van der Waals surface area contributed by atoms with Crippen LogP contribution in [-0.4, -0.2) is 24.1 Å². The number of hydrogen-bond donors (Lipinski definition) is 1. The van der Waals surface area contributed by atoms with Crippen LogP contribution in [0.1, 0.15) is 18.2 Å². The molecule has 4 nitrogen and oxygen atoms in total. The Labute approximate surface area is 114 Å². The molecule has 0 amide bonds. The molecule has 19 heavy (non-hydrogen) atoms. The van der Waals surface area contributed by atoms with Crippen LogP contribution in [0.2, 0.25) is 0 Å². The van der Waals surface area contributed by atoms with Gasteiger partial charge in [0, 0.05) is 36.6 Å². The van der Waals surface area contributed by atoms with Gasteiger partial charge in [-0.3, -0.25) is 0 Å². The highest BCUT2D eigenvalue weighted by Gasteiger charge is 2.09. The van der Waals surface area contributed by atoms with Gasteiger partial charge in [-0.2, -0.15) is 0 Å². The summed E-state index contributed by atoms with van der Waals surface area (Å²) in [6.07, 6.45) is 0.862. The molecular weight excluding hydrogens is 236 g/mol. The lowest BCUT2D eigenvalue weighted by atomic mass is 10.1. The first-order chi connectivity index (χ1) is 9.02. The number of nitrogens with zero attached hydrogens (tertiary/aromatic N) is 3. The van der Waals surface area contributed by atoms with Gasteiger partial charge in [-0.25, -0.2) is 9.97 Å². The summed E-state index contributed by atoms with van der Waals surface area (Å²) in [5.74, 6) is 1.27. The van der Waals surface area contributed by atoms with Crippen LogP contribution >= 0.6 is 0 Å². The van der Waals surface area contributed by atoms with Gasteiger partial charge in [0.25, 0.3) is 0 Å². The van der Waals surface area contributed by atoms with Crippen LogP contribution in [0.5, 0.6) is 0 Å². The Kier molecular flexibility index (Phi) is 3.69. The van der Waals surface area contributed by atoms with Gasteiger partial charge < -0.3 is 10.6 Å². The van der Waals surface area contributed by atoms with Gasteiger partial charge in [0.05, 0.1) is 0 Å². The largest absolute Gasteiger partial charge is 0.383 e. The average Bonchev–Trinajstić information content (AvgIpc) is 2.41. The number of hydrogen-bond acceptors (Lipinski definition) is 4. The third-order valence-corrected chi connectivity index (χ3v) is 3.26. The van der Waals surface area contributed by atoms with E-state index in [9.17, 15) is 0 Å².